The van der Waals surface area contributed by atoms with E-state index in [9.17, 15) is 4.79 Å². The van der Waals surface area contributed by atoms with Gasteiger partial charge in [-0.25, -0.2) is 15.6 Å². The van der Waals surface area contributed by atoms with E-state index < -0.39 is 6.09 Å². The molecule has 66 valence electrons. The van der Waals surface area contributed by atoms with Crippen molar-refractivity contribution in [3.63, 3.8) is 0 Å². The zero-order valence-electron chi connectivity index (χ0n) is 6.56. The minimum Gasteiger partial charge on any atom is -0.448 e. The van der Waals surface area contributed by atoms with Crippen LogP contribution in [-0.2, 0) is 4.74 Å². The number of anilines is 1. The molecule has 0 saturated carbocycles. The first-order valence-electron chi connectivity index (χ1n) is 3.36. The predicted molar refractivity (Wildman–Crippen MR) is 45.8 cm³/mol. The van der Waals surface area contributed by atoms with Gasteiger partial charge in [-0.1, -0.05) is 0 Å². The molecule has 0 fully saturated rings. The molecule has 0 aromatic carbocycles. The number of ether oxygens (including phenoxy) is 1. The van der Waals surface area contributed by atoms with E-state index in [0.717, 1.165) is 5.01 Å². The van der Waals surface area contributed by atoms with Crippen LogP contribution in [0.5, 0.6) is 0 Å². The van der Waals surface area contributed by atoms with Crippen LogP contribution in [-0.4, -0.2) is 17.7 Å². The number of nitrogens with two attached hydrogens (primary N) is 1. The Morgan fingerprint density at radius 2 is 2.67 bits per heavy atom. The summed E-state index contributed by atoms with van der Waals surface area (Å²) >= 11 is 1.27. The van der Waals surface area contributed by atoms with Gasteiger partial charge in [-0.2, -0.15) is 5.01 Å². The summed E-state index contributed by atoms with van der Waals surface area (Å²) in [6, 6.07) is 0. The molecule has 1 heterocycles. The number of carbonyl (C=O) groups excluding carboxylic acids is 1. The van der Waals surface area contributed by atoms with E-state index in [1.165, 1.54) is 11.3 Å². The number of thiazole rings is 1. The summed E-state index contributed by atoms with van der Waals surface area (Å²) < 4.78 is 4.66. The lowest BCUT2D eigenvalue weighted by molar-refractivity contribution is 0.160. The molecule has 1 amide bonds. The van der Waals surface area contributed by atoms with Crippen molar-refractivity contribution in [2.75, 3.05) is 11.6 Å². The van der Waals surface area contributed by atoms with Gasteiger partial charge in [0.15, 0.2) is 0 Å². The fourth-order valence-electron chi connectivity index (χ4n) is 0.606. The molecule has 0 spiro atoms. The second kappa shape index (κ2) is 4.03. The zero-order chi connectivity index (χ0) is 8.97. The van der Waals surface area contributed by atoms with Crippen LogP contribution in [0.1, 0.15) is 6.92 Å². The van der Waals surface area contributed by atoms with E-state index in [1.807, 2.05) is 0 Å². The Labute approximate surface area is 73.7 Å². The molecule has 5 nitrogen and oxygen atoms in total. The summed E-state index contributed by atoms with van der Waals surface area (Å²) in [4.78, 5) is 14.8. The highest BCUT2D eigenvalue weighted by atomic mass is 32.1. The van der Waals surface area contributed by atoms with Crippen LogP contribution in [0.15, 0.2) is 11.6 Å². The van der Waals surface area contributed by atoms with Crippen LogP contribution in [0.2, 0.25) is 0 Å². The lowest BCUT2D eigenvalue weighted by atomic mass is 10.8. The fourth-order valence-corrected chi connectivity index (χ4v) is 1.16. The summed E-state index contributed by atoms with van der Waals surface area (Å²) in [5, 5.41) is 3.04. The summed E-state index contributed by atoms with van der Waals surface area (Å²) in [5.74, 6) is 5.38. The summed E-state index contributed by atoms with van der Waals surface area (Å²) in [6.07, 6.45) is 0.978. The minimum absolute atomic E-state index is 0.303. The van der Waals surface area contributed by atoms with Gasteiger partial charge in [0.1, 0.15) is 0 Å². The quantitative estimate of drug-likeness (QED) is 0.425. The first-order chi connectivity index (χ1) is 5.75. The fraction of sp³-hybridized carbons (Fsp3) is 0.333. The molecule has 1 aromatic heterocycles. The van der Waals surface area contributed by atoms with Crippen molar-refractivity contribution in [2.24, 2.45) is 5.84 Å². The van der Waals surface area contributed by atoms with Gasteiger partial charge in [-0.05, 0) is 6.92 Å². The van der Waals surface area contributed by atoms with Crippen LogP contribution in [0, 0.1) is 0 Å². The van der Waals surface area contributed by atoms with Crippen LogP contribution in [0.3, 0.4) is 0 Å². The smallest absolute Gasteiger partial charge is 0.430 e. The topological polar surface area (TPSA) is 68.5 Å². The highest BCUT2D eigenvalue weighted by Crippen LogP contribution is 2.14. The molecule has 0 bridgehead atoms. The zero-order valence-corrected chi connectivity index (χ0v) is 7.37. The Morgan fingerprint density at radius 3 is 3.17 bits per heavy atom. The van der Waals surface area contributed by atoms with Gasteiger partial charge < -0.3 is 4.74 Å². The molecule has 0 aliphatic carbocycles. The third kappa shape index (κ3) is 1.93. The van der Waals surface area contributed by atoms with Crippen molar-refractivity contribution in [3.05, 3.63) is 11.6 Å². The molecule has 0 atom stereocenters. The number of amides is 1. The number of rotatable bonds is 2. The number of aromatic nitrogens is 1. The van der Waals surface area contributed by atoms with E-state index in [2.05, 4.69) is 9.72 Å². The predicted octanol–water partition coefficient (Wildman–Crippen LogP) is 0.980. The first kappa shape index (κ1) is 8.95. The van der Waals surface area contributed by atoms with Crippen molar-refractivity contribution in [1.82, 2.24) is 4.98 Å². The van der Waals surface area contributed by atoms with E-state index in [-0.39, 0.29) is 0 Å². The van der Waals surface area contributed by atoms with Crippen molar-refractivity contribution >= 4 is 22.6 Å². The lowest BCUT2D eigenvalue weighted by Gasteiger charge is -2.11. The maximum atomic E-state index is 11.0. The number of carbonyl (C=O) groups is 1. The summed E-state index contributed by atoms with van der Waals surface area (Å²) in [7, 11) is 0. The van der Waals surface area contributed by atoms with Gasteiger partial charge in [0, 0.05) is 11.6 Å². The molecule has 0 aliphatic heterocycles. The van der Waals surface area contributed by atoms with Gasteiger partial charge in [0.2, 0.25) is 5.13 Å². The standard InChI is InChI=1S/C6H9N3O2S/c1-2-11-6(10)9(7)5-8-3-4-12-5/h3-4H,2,7H2,1H3. The molecule has 0 unspecified atom stereocenters. The van der Waals surface area contributed by atoms with Crippen molar-refractivity contribution < 1.29 is 9.53 Å². The average Bonchev–Trinajstić information content (AvgIpc) is 2.55. The van der Waals surface area contributed by atoms with Gasteiger partial charge in [0.05, 0.1) is 6.61 Å². The Balaban J connectivity index is 2.59. The molecule has 2 N–H and O–H groups in total. The van der Waals surface area contributed by atoms with Crippen molar-refractivity contribution in [1.29, 1.82) is 0 Å². The Hall–Kier alpha value is -1.14. The third-order valence-corrected chi connectivity index (χ3v) is 1.86. The normalized spacial score (nSPS) is 9.50. The highest BCUT2D eigenvalue weighted by Gasteiger charge is 2.13. The van der Waals surface area contributed by atoms with Crippen LogP contribution in [0.25, 0.3) is 0 Å². The van der Waals surface area contributed by atoms with Crippen molar-refractivity contribution in [3.8, 4) is 0 Å². The van der Waals surface area contributed by atoms with Gasteiger partial charge in [-0.3, -0.25) is 0 Å². The Morgan fingerprint density at radius 1 is 1.92 bits per heavy atom. The second-order valence-electron chi connectivity index (χ2n) is 1.88. The first-order valence-corrected chi connectivity index (χ1v) is 4.24. The highest BCUT2D eigenvalue weighted by molar-refractivity contribution is 7.13. The molecular weight excluding hydrogens is 178 g/mol. The number of hydrogen-bond donors (Lipinski definition) is 1. The molecular formula is C6H9N3O2S. The van der Waals surface area contributed by atoms with E-state index in [0.29, 0.717) is 11.7 Å². The third-order valence-electron chi connectivity index (χ3n) is 1.09. The molecule has 12 heavy (non-hydrogen) atoms. The van der Waals surface area contributed by atoms with Gasteiger partial charge in [0.25, 0.3) is 0 Å². The Kier molecular flexibility index (Phi) is 3.01. The number of hydrazine groups is 1. The van der Waals surface area contributed by atoms with E-state index in [4.69, 9.17) is 5.84 Å². The maximum Gasteiger partial charge on any atom is 0.430 e. The van der Waals surface area contributed by atoms with Gasteiger partial charge in [-0.15, -0.1) is 11.3 Å². The van der Waals surface area contributed by atoms with Gasteiger partial charge >= 0.3 is 6.09 Å². The average molecular weight is 187 g/mol. The Bertz CT molecular complexity index is 249. The van der Waals surface area contributed by atoms with Crippen molar-refractivity contribution in [2.45, 2.75) is 6.92 Å². The molecule has 6 heteroatoms. The SMILES string of the molecule is CCOC(=O)N(N)c1nccs1. The summed E-state index contributed by atoms with van der Waals surface area (Å²) in [5.41, 5.74) is 0. The van der Waals surface area contributed by atoms with Crippen LogP contribution in [0.4, 0.5) is 9.93 Å². The summed E-state index contributed by atoms with van der Waals surface area (Å²) in [6.45, 7) is 2.02. The monoisotopic (exact) mass is 187 g/mol. The molecule has 0 saturated heterocycles. The second-order valence-corrected chi connectivity index (χ2v) is 2.76. The number of nitrogens with zero attached hydrogens (tertiary/aromatic N) is 2. The molecule has 1 aromatic rings. The molecule has 0 radical (unpaired) electrons. The van der Waals surface area contributed by atoms with Crippen LogP contribution < -0.4 is 10.9 Å². The maximum absolute atomic E-state index is 11.0. The van der Waals surface area contributed by atoms with E-state index in [1.54, 1.807) is 18.5 Å². The van der Waals surface area contributed by atoms with Crippen LogP contribution >= 0.6 is 11.3 Å². The number of hydrogen-bond acceptors (Lipinski definition) is 5. The lowest BCUT2D eigenvalue weighted by Crippen LogP contribution is -2.37. The molecule has 1 rings (SSSR count). The van der Waals surface area contributed by atoms with E-state index >= 15 is 0 Å². The minimum atomic E-state index is -0.590. The largest absolute Gasteiger partial charge is 0.448 e. The molecule has 0 aliphatic rings.